The minimum atomic E-state index is -3.36. The number of hydrogen-bond acceptors (Lipinski definition) is 7. The summed E-state index contributed by atoms with van der Waals surface area (Å²) in [7, 11) is -1.90. The lowest BCUT2D eigenvalue weighted by atomic mass is 9.85. The van der Waals surface area contributed by atoms with Crippen molar-refractivity contribution in [3.05, 3.63) is 53.9 Å². The molecule has 2 atom stereocenters. The number of pyridine rings is 1. The maximum atomic E-state index is 12.3. The molecule has 0 amide bonds. The van der Waals surface area contributed by atoms with E-state index < -0.39 is 27.4 Å². The third kappa shape index (κ3) is 3.87. The largest absolute Gasteiger partial charge is 0.497 e. The van der Waals surface area contributed by atoms with Gasteiger partial charge in [-0.2, -0.15) is 0 Å². The van der Waals surface area contributed by atoms with Crippen LogP contribution in [0.1, 0.15) is 30.1 Å². The monoisotopic (exact) mass is 406 g/mol. The maximum absolute atomic E-state index is 12.3. The minimum absolute atomic E-state index is 0.166. The van der Waals surface area contributed by atoms with Crippen molar-refractivity contribution in [1.82, 2.24) is 4.98 Å². The molecule has 28 heavy (non-hydrogen) atoms. The van der Waals surface area contributed by atoms with Crippen LogP contribution in [0, 0.1) is 0 Å². The van der Waals surface area contributed by atoms with E-state index in [4.69, 9.17) is 10.5 Å². The van der Waals surface area contributed by atoms with Crippen LogP contribution < -0.4 is 10.5 Å². The van der Waals surface area contributed by atoms with Crippen molar-refractivity contribution in [3.8, 4) is 5.75 Å². The Balaban J connectivity index is 1.87. The van der Waals surface area contributed by atoms with E-state index in [0.717, 1.165) is 0 Å². The fraction of sp³-hybridized carbons (Fsp3) is 0.368. The van der Waals surface area contributed by atoms with Gasteiger partial charge in [-0.3, -0.25) is 4.98 Å². The lowest BCUT2D eigenvalue weighted by Crippen LogP contribution is -2.50. The number of hydrogen-bond donors (Lipinski definition) is 3. The molecule has 0 bridgehead atoms. The summed E-state index contributed by atoms with van der Waals surface area (Å²) >= 11 is 0. The number of nitrogens with zero attached hydrogens (tertiary/aromatic N) is 1. The van der Waals surface area contributed by atoms with E-state index in [1.807, 2.05) is 0 Å². The smallest absolute Gasteiger partial charge is 0.338 e. The molecule has 2 aromatic rings. The topological polar surface area (TPSA) is 140 Å². The Morgan fingerprint density at radius 2 is 1.96 bits per heavy atom. The van der Waals surface area contributed by atoms with Gasteiger partial charge in [-0.05, 0) is 36.6 Å². The summed E-state index contributed by atoms with van der Waals surface area (Å²) in [6.45, 7) is 0. The number of aliphatic carboxylic acids is 1. The third-order valence-electron chi connectivity index (χ3n) is 4.89. The quantitative estimate of drug-likeness (QED) is 0.592. The van der Waals surface area contributed by atoms with Gasteiger partial charge >= 0.3 is 5.97 Å². The molecule has 9 heteroatoms. The summed E-state index contributed by atoms with van der Waals surface area (Å²) < 4.78 is 29.7. The second-order valence-electron chi connectivity index (χ2n) is 6.88. The first-order chi connectivity index (χ1) is 13.2. The average Bonchev–Trinajstić information content (AvgIpc) is 3.53. The first kappa shape index (κ1) is 20.2. The van der Waals surface area contributed by atoms with Gasteiger partial charge in [0.2, 0.25) is 0 Å². The van der Waals surface area contributed by atoms with Gasteiger partial charge < -0.3 is 20.7 Å². The van der Waals surface area contributed by atoms with Crippen LogP contribution in [-0.2, 0) is 21.1 Å². The molecule has 3 rings (SSSR count). The summed E-state index contributed by atoms with van der Waals surface area (Å²) in [4.78, 5) is 16.1. The Kier molecular flexibility index (Phi) is 5.42. The highest BCUT2D eigenvalue weighted by molar-refractivity contribution is 7.92. The fourth-order valence-electron chi connectivity index (χ4n) is 2.99. The van der Waals surface area contributed by atoms with Gasteiger partial charge in [0, 0.05) is 24.4 Å². The molecule has 1 aliphatic carbocycles. The number of benzene rings is 1. The van der Waals surface area contributed by atoms with Gasteiger partial charge in [0.05, 0.1) is 23.3 Å². The fourth-order valence-corrected chi connectivity index (χ4v) is 4.64. The van der Waals surface area contributed by atoms with Gasteiger partial charge in [0.1, 0.15) is 5.75 Å². The second kappa shape index (κ2) is 7.50. The van der Waals surface area contributed by atoms with Crippen LogP contribution in [0.5, 0.6) is 5.75 Å². The Morgan fingerprint density at radius 3 is 2.50 bits per heavy atom. The van der Waals surface area contributed by atoms with Crippen molar-refractivity contribution in [2.45, 2.75) is 41.1 Å². The molecule has 0 radical (unpaired) electrons. The molecule has 8 nitrogen and oxygen atoms in total. The maximum Gasteiger partial charge on any atom is 0.338 e. The number of carbonyl (C=O) groups is 1. The van der Waals surface area contributed by atoms with Gasteiger partial charge in [-0.1, -0.05) is 12.1 Å². The first-order valence-corrected chi connectivity index (χ1v) is 10.3. The lowest BCUT2D eigenvalue weighted by Gasteiger charge is -2.30. The van der Waals surface area contributed by atoms with Crippen LogP contribution in [0.3, 0.4) is 0 Å². The lowest BCUT2D eigenvalue weighted by molar-refractivity contribution is -0.161. The highest BCUT2D eigenvalue weighted by atomic mass is 32.2. The third-order valence-corrected chi connectivity index (χ3v) is 7.17. The van der Waals surface area contributed by atoms with E-state index in [1.165, 1.54) is 43.6 Å². The molecule has 0 spiro atoms. The molecule has 1 saturated carbocycles. The zero-order chi connectivity index (χ0) is 20.5. The Hall–Kier alpha value is -2.49. The number of aliphatic hydroxyl groups is 1. The van der Waals surface area contributed by atoms with Crippen molar-refractivity contribution in [2.75, 3.05) is 7.11 Å². The Labute approximate surface area is 162 Å². The van der Waals surface area contributed by atoms with E-state index in [0.29, 0.717) is 29.8 Å². The number of sulfone groups is 1. The van der Waals surface area contributed by atoms with Crippen molar-refractivity contribution in [1.29, 1.82) is 0 Å². The molecule has 0 saturated heterocycles. The van der Waals surface area contributed by atoms with Crippen LogP contribution in [-0.4, -0.2) is 47.5 Å². The average molecular weight is 406 g/mol. The van der Waals surface area contributed by atoms with E-state index >= 15 is 0 Å². The van der Waals surface area contributed by atoms with E-state index in [9.17, 15) is 23.4 Å². The zero-order valence-electron chi connectivity index (χ0n) is 15.3. The number of nitrogens with two attached hydrogens (primary N) is 1. The van der Waals surface area contributed by atoms with E-state index in [2.05, 4.69) is 4.98 Å². The minimum Gasteiger partial charge on any atom is -0.497 e. The summed E-state index contributed by atoms with van der Waals surface area (Å²) in [5.74, 6) is -1.03. The second-order valence-corrected chi connectivity index (χ2v) is 9.11. The number of ether oxygens (including phenoxy) is 1. The van der Waals surface area contributed by atoms with E-state index in [1.54, 1.807) is 6.07 Å². The van der Waals surface area contributed by atoms with Crippen molar-refractivity contribution in [2.24, 2.45) is 5.73 Å². The number of carboxylic acids is 1. The number of aromatic nitrogens is 1. The molecule has 1 aliphatic rings. The molecule has 1 aromatic carbocycles. The summed E-state index contributed by atoms with van der Waals surface area (Å²) in [5, 5.41) is 20.1. The van der Waals surface area contributed by atoms with Crippen molar-refractivity contribution < 1.29 is 28.2 Å². The molecule has 0 aliphatic heterocycles. The predicted molar refractivity (Wildman–Crippen MR) is 101 cm³/mol. The molecule has 4 N–H and O–H groups in total. The van der Waals surface area contributed by atoms with Gasteiger partial charge in [-0.25, -0.2) is 13.2 Å². The molecule has 1 aromatic heterocycles. The van der Waals surface area contributed by atoms with Gasteiger partial charge in [0.25, 0.3) is 0 Å². The molecular weight excluding hydrogens is 384 g/mol. The molecule has 150 valence electrons. The predicted octanol–water partition coefficient (Wildman–Crippen LogP) is 1.08. The van der Waals surface area contributed by atoms with Gasteiger partial charge in [0.15, 0.2) is 15.4 Å². The Bertz CT molecular complexity index is 972. The van der Waals surface area contributed by atoms with Crippen LogP contribution in [0.2, 0.25) is 0 Å². The standard InChI is InChI=1S/C19H22N2O6S/c1-27-14-8-9-21-13(10-14)11-19(24,18(22)23)17(20)12-2-4-15(5-3-12)28(25,26)16-6-7-16/h2-5,8-10,16-17,24H,6-7,11,20H2,1H3,(H,22,23)/t17-,19+/m0/s1. The summed E-state index contributed by atoms with van der Waals surface area (Å²) in [6.07, 6.45) is 2.40. The first-order valence-electron chi connectivity index (χ1n) is 8.72. The highest BCUT2D eigenvalue weighted by Crippen LogP contribution is 2.34. The normalized spacial score (nSPS) is 17.5. The molecule has 1 heterocycles. The molecule has 0 unspecified atom stereocenters. The van der Waals surface area contributed by atoms with Crippen LogP contribution in [0.4, 0.5) is 0 Å². The highest BCUT2D eigenvalue weighted by Gasteiger charge is 2.44. The summed E-state index contributed by atoms with van der Waals surface area (Å²) in [6, 6.07) is 7.49. The molecule has 1 fully saturated rings. The van der Waals surface area contributed by atoms with Crippen LogP contribution >= 0.6 is 0 Å². The van der Waals surface area contributed by atoms with Crippen molar-refractivity contribution in [3.63, 3.8) is 0 Å². The summed E-state index contributed by atoms with van der Waals surface area (Å²) in [5.41, 5.74) is 4.35. The Morgan fingerprint density at radius 1 is 1.32 bits per heavy atom. The van der Waals surface area contributed by atoms with Crippen molar-refractivity contribution >= 4 is 15.8 Å². The van der Waals surface area contributed by atoms with Crippen LogP contribution in [0.15, 0.2) is 47.5 Å². The van der Waals surface area contributed by atoms with E-state index in [-0.39, 0.29) is 16.6 Å². The van der Waals surface area contributed by atoms with Crippen LogP contribution in [0.25, 0.3) is 0 Å². The zero-order valence-corrected chi connectivity index (χ0v) is 16.1. The SMILES string of the molecule is COc1ccnc(C[C@](O)(C(=O)O)[C@@H](N)c2ccc(S(=O)(=O)C3CC3)cc2)c1. The molecular formula is C19H22N2O6S. The number of rotatable bonds is 8. The number of methoxy groups -OCH3 is 1. The number of carboxylic acid groups (broad SMARTS) is 1. The van der Waals surface area contributed by atoms with Gasteiger partial charge in [-0.15, -0.1) is 0 Å².